The van der Waals surface area contributed by atoms with Crippen LogP contribution in [0.25, 0.3) is 22.0 Å². The lowest BCUT2D eigenvalue weighted by molar-refractivity contribution is 0.355. The van der Waals surface area contributed by atoms with E-state index < -0.39 is 0 Å². The standard InChI is InChI=1S/C17H16N2O4/c1-21-11-5-6-12-13(9-11)17(20)19-18-16(12)10-4-7-14(22-2)15(8-10)23-3/h4-9H,1-3H3,(H,19,20). The number of methoxy groups -OCH3 is 3. The second-order valence-electron chi connectivity index (χ2n) is 4.88. The molecule has 0 aliphatic rings. The first-order valence-electron chi connectivity index (χ1n) is 6.96. The predicted molar refractivity (Wildman–Crippen MR) is 87.5 cm³/mol. The largest absolute Gasteiger partial charge is 0.497 e. The quantitative estimate of drug-likeness (QED) is 0.801. The zero-order valence-corrected chi connectivity index (χ0v) is 13.0. The van der Waals surface area contributed by atoms with Gasteiger partial charge in [-0.1, -0.05) is 0 Å². The molecule has 0 aliphatic heterocycles. The third-order valence-electron chi connectivity index (χ3n) is 3.65. The van der Waals surface area contributed by atoms with Crippen LogP contribution >= 0.6 is 0 Å². The molecule has 0 unspecified atom stereocenters. The van der Waals surface area contributed by atoms with Crippen LogP contribution in [0.2, 0.25) is 0 Å². The zero-order valence-electron chi connectivity index (χ0n) is 13.0. The summed E-state index contributed by atoms with van der Waals surface area (Å²) < 4.78 is 15.8. The molecular weight excluding hydrogens is 296 g/mol. The number of hydrogen-bond donors (Lipinski definition) is 1. The molecule has 118 valence electrons. The van der Waals surface area contributed by atoms with Crippen LogP contribution in [0, 0.1) is 0 Å². The van der Waals surface area contributed by atoms with Crippen LogP contribution in [0.4, 0.5) is 0 Å². The third kappa shape index (κ3) is 2.59. The first-order chi connectivity index (χ1) is 11.2. The van der Waals surface area contributed by atoms with Crippen LogP contribution in [0.3, 0.4) is 0 Å². The summed E-state index contributed by atoms with van der Waals surface area (Å²) in [6, 6.07) is 10.8. The predicted octanol–water partition coefficient (Wildman–Crippen LogP) is 2.62. The van der Waals surface area contributed by atoms with Crippen molar-refractivity contribution in [3.05, 3.63) is 46.8 Å². The second kappa shape index (κ2) is 6.00. The lowest BCUT2D eigenvalue weighted by Gasteiger charge is -2.11. The van der Waals surface area contributed by atoms with Gasteiger partial charge in [0.1, 0.15) is 5.75 Å². The molecule has 23 heavy (non-hydrogen) atoms. The molecule has 2 aromatic carbocycles. The Kier molecular flexibility index (Phi) is 3.89. The summed E-state index contributed by atoms with van der Waals surface area (Å²) in [7, 11) is 4.72. The smallest absolute Gasteiger partial charge is 0.272 e. The topological polar surface area (TPSA) is 73.4 Å². The molecule has 6 nitrogen and oxygen atoms in total. The van der Waals surface area contributed by atoms with Crippen molar-refractivity contribution in [2.75, 3.05) is 21.3 Å². The number of ether oxygens (including phenoxy) is 3. The fourth-order valence-corrected chi connectivity index (χ4v) is 2.48. The lowest BCUT2D eigenvalue weighted by atomic mass is 10.0. The van der Waals surface area contributed by atoms with Crippen molar-refractivity contribution in [2.24, 2.45) is 0 Å². The van der Waals surface area contributed by atoms with E-state index >= 15 is 0 Å². The van der Waals surface area contributed by atoms with E-state index in [2.05, 4.69) is 10.2 Å². The molecule has 0 saturated carbocycles. The lowest BCUT2D eigenvalue weighted by Crippen LogP contribution is -2.09. The second-order valence-corrected chi connectivity index (χ2v) is 4.88. The number of nitrogens with one attached hydrogen (secondary N) is 1. The van der Waals surface area contributed by atoms with Gasteiger partial charge >= 0.3 is 0 Å². The van der Waals surface area contributed by atoms with Crippen LogP contribution in [-0.2, 0) is 0 Å². The molecule has 0 atom stereocenters. The van der Waals surface area contributed by atoms with E-state index in [0.29, 0.717) is 28.3 Å². The summed E-state index contributed by atoms with van der Waals surface area (Å²) >= 11 is 0. The van der Waals surface area contributed by atoms with E-state index in [1.165, 1.54) is 0 Å². The first-order valence-corrected chi connectivity index (χ1v) is 6.96. The molecule has 0 radical (unpaired) electrons. The van der Waals surface area contributed by atoms with Crippen LogP contribution in [0.5, 0.6) is 17.2 Å². The van der Waals surface area contributed by atoms with E-state index in [0.717, 1.165) is 10.9 Å². The van der Waals surface area contributed by atoms with Gasteiger partial charge in [-0.2, -0.15) is 5.10 Å². The van der Waals surface area contributed by atoms with Gasteiger partial charge in [0.2, 0.25) is 0 Å². The highest BCUT2D eigenvalue weighted by Crippen LogP contribution is 2.34. The van der Waals surface area contributed by atoms with Gasteiger partial charge in [0.15, 0.2) is 11.5 Å². The molecule has 0 saturated heterocycles. The van der Waals surface area contributed by atoms with Crippen LogP contribution in [0.1, 0.15) is 0 Å². The Morgan fingerprint density at radius 1 is 0.870 bits per heavy atom. The molecule has 6 heteroatoms. The Labute approximate surface area is 132 Å². The number of rotatable bonds is 4. The number of aromatic nitrogens is 2. The number of nitrogens with zero attached hydrogens (tertiary/aromatic N) is 1. The Balaban J connectivity index is 2.24. The van der Waals surface area contributed by atoms with Gasteiger partial charge in [0, 0.05) is 10.9 Å². The number of aromatic amines is 1. The van der Waals surface area contributed by atoms with Gasteiger partial charge in [0.25, 0.3) is 5.56 Å². The summed E-state index contributed by atoms with van der Waals surface area (Å²) in [5.74, 6) is 1.85. The van der Waals surface area contributed by atoms with Crippen molar-refractivity contribution in [1.82, 2.24) is 10.2 Å². The highest BCUT2D eigenvalue weighted by atomic mass is 16.5. The van der Waals surface area contributed by atoms with Crippen molar-refractivity contribution in [3.63, 3.8) is 0 Å². The Morgan fingerprint density at radius 3 is 2.35 bits per heavy atom. The van der Waals surface area contributed by atoms with Crippen molar-refractivity contribution in [2.45, 2.75) is 0 Å². The molecule has 3 aromatic rings. The van der Waals surface area contributed by atoms with Crippen LogP contribution in [0.15, 0.2) is 41.2 Å². The number of fused-ring (bicyclic) bond motifs is 1. The number of hydrogen-bond acceptors (Lipinski definition) is 5. The van der Waals surface area contributed by atoms with E-state index in [-0.39, 0.29) is 5.56 Å². The van der Waals surface area contributed by atoms with Crippen molar-refractivity contribution in [3.8, 4) is 28.5 Å². The summed E-state index contributed by atoms with van der Waals surface area (Å²) in [5, 5.41) is 7.97. The minimum atomic E-state index is -0.261. The average Bonchev–Trinajstić information content (AvgIpc) is 2.61. The maximum absolute atomic E-state index is 12.0. The minimum Gasteiger partial charge on any atom is -0.497 e. The molecule has 1 aromatic heterocycles. The van der Waals surface area contributed by atoms with Gasteiger partial charge in [-0.15, -0.1) is 0 Å². The highest BCUT2D eigenvalue weighted by Gasteiger charge is 2.12. The Bertz CT molecular complexity index is 918. The molecule has 3 rings (SSSR count). The molecule has 1 N–H and O–H groups in total. The Morgan fingerprint density at radius 2 is 1.65 bits per heavy atom. The average molecular weight is 312 g/mol. The summed E-state index contributed by atoms with van der Waals surface area (Å²) in [4.78, 5) is 12.0. The minimum absolute atomic E-state index is 0.261. The van der Waals surface area contributed by atoms with Gasteiger partial charge < -0.3 is 14.2 Å². The summed E-state index contributed by atoms with van der Waals surface area (Å²) in [5.41, 5.74) is 1.21. The molecular formula is C17H16N2O4. The third-order valence-corrected chi connectivity index (χ3v) is 3.65. The zero-order chi connectivity index (χ0) is 16.4. The van der Waals surface area contributed by atoms with Crippen molar-refractivity contribution >= 4 is 10.8 Å². The van der Waals surface area contributed by atoms with E-state index in [1.807, 2.05) is 18.2 Å². The molecule has 0 aliphatic carbocycles. The normalized spacial score (nSPS) is 10.6. The summed E-state index contributed by atoms with van der Waals surface area (Å²) in [6.07, 6.45) is 0. The Hall–Kier alpha value is -3.02. The van der Waals surface area contributed by atoms with Gasteiger partial charge in [-0.25, -0.2) is 5.10 Å². The van der Waals surface area contributed by atoms with Crippen molar-refractivity contribution < 1.29 is 14.2 Å². The fraction of sp³-hybridized carbons (Fsp3) is 0.176. The van der Waals surface area contributed by atoms with Crippen LogP contribution < -0.4 is 19.8 Å². The number of H-pyrrole nitrogens is 1. The van der Waals surface area contributed by atoms with Gasteiger partial charge in [-0.05, 0) is 36.4 Å². The van der Waals surface area contributed by atoms with Crippen molar-refractivity contribution in [1.29, 1.82) is 0 Å². The van der Waals surface area contributed by atoms with Crippen LogP contribution in [-0.4, -0.2) is 31.5 Å². The molecule has 0 amide bonds. The summed E-state index contributed by atoms with van der Waals surface area (Å²) in [6.45, 7) is 0. The molecule has 0 fully saturated rings. The number of benzene rings is 2. The first kappa shape index (κ1) is 14.9. The maximum atomic E-state index is 12.0. The molecule has 0 bridgehead atoms. The maximum Gasteiger partial charge on any atom is 0.272 e. The van der Waals surface area contributed by atoms with E-state index in [9.17, 15) is 4.79 Å². The van der Waals surface area contributed by atoms with Gasteiger partial charge in [0.05, 0.1) is 32.4 Å². The fourth-order valence-electron chi connectivity index (χ4n) is 2.48. The van der Waals surface area contributed by atoms with E-state index in [1.54, 1.807) is 39.5 Å². The SMILES string of the molecule is COc1ccc2c(-c3ccc(OC)c(OC)c3)n[nH]c(=O)c2c1. The monoisotopic (exact) mass is 312 g/mol. The molecule has 0 spiro atoms. The molecule has 1 heterocycles. The highest BCUT2D eigenvalue weighted by molar-refractivity contribution is 5.94. The van der Waals surface area contributed by atoms with Gasteiger partial charge in [-0.3, -0.25) is 4.79 Å². The van der Waals surface area contributed by atoms with E-state index in [4.69, 9.17) is 14.2 Å².